The number of nitrogens with zero attached hydrogens (tertiary/aromatic N) is 5. The first-order valence-electron chi connectivity index (χ1n) is 12.7. The first-order chi connectivity index (χ1) is 18.5. The summed E-state index contributed by atoms with van der Waals surface area (Å²) in [5, 5.41) is 14.1. The molecule has 0 radical (unpaired) electrons. The van der Waals surface area contributed by atoms with Crippen molar-refractivity contribution in [3.63, 3.8) is 0 Å². The summed E-state index contributed by atoms with van der Waals surface area (Å²) in [4.78, 5) is 13.1. The van der Waals surface area contributed by atoms with Crippen LogP contribution < -0.4 is 10.1 Å². The number of fused-ring (bicyclic) bond motifs is 3. The van der Waals surface area contributed by atoms with E-state index in [0.29, 0.717) is 42.2 Å². The highest BCUT2D eigenvalue weighted by molar-refractivity contribution is 6.13. The summed E-state index contributed by atoms with van der Waals surface area (Å²) in [5.74, 6) is 4.09. The minimum Gasteiger partial charge on any atom is -0.496 e. The Bertz CT molecular complexity index is 1610. The molecule has 1 aromatic carbocycles. The van der Waals surface area contributed by atoms with Crippen molar-refractivity contribution in [2.75, 3.05) is 32.8 Å². The van der Waals surface area contributed by atoms with E-state index in [1.54, 1.807) is 14.2 Å². The quantitative estimate of drug-likeness (QED) is 0.249. The van der Waals surface area contributed by atoms with Gasteiger partial charge in [0, 0.05) is 42.6 Å². The van der Waals surface area contributed by atoms with Crippen LogP contribution in [0.1, 0.15) is 41.7 Å². The van der Waals surface area contributed by atoms with Crippen molar-refractivity contribution in [1.29, 1.82) is 0 Å². The highest BCUT2D eigenvalue weighted by Gasteiger charge is 2.27. The van der Waals surface area contributed by atoms with Crippen molar-refractivity contribution in [1.82, 2.24) is 29.9 Å². The summed E-state index contributed by atoms with van der Waals surface area (Å²) >= 11 is 0. The van der Waals surface area contributed by atoms with Gasteiger partial charge < -0.3 is 29.0 Å². The van der Waals surface area contributed by atoms with Gasteiger partial charge in [0.1, 0.15) is 35.4 Å². The number of aryl methyl sites for hydroxylation is 3. The topological polar surface area (TPSA) is 125 Å². The van der Waals surface area contributed by atoms with Crippen LogP contribution in [0, 0.1) is 13.8 Å². The number of ether oxygens (including phenoxy) is 3. The van der Waals surface area contributed by atoms with E-state index in [1.807, 2.05) is 31.6 Å². The fourth-order valence-corrected chi connectivity index (χ4v) is 4.87. The van der Waals surface area contributed by atoms with E-state index in [1.165, 1.54) is 12.8 Å². The van der Waals surface area contributed by atoms with Gasteiger partial charge in [-0.1, -0.05) is 5.16 Å². The van der Waals surface area contributed by atoms with Crippen LogP contribution in [0.5, 0.6) is 5.75 Å². The van der Waals surface area contributed by atoms with Gasteiger partial charge in [-0.15, -0.1) is 0 Å². The fourth-order valence-electron chi connectivity index (χ4n) is 4.87. The van der Waals surface area contributed by atoms with E-state index in [9.17, 15) is 0 Å². The normalized spacial score (nSPS) is 13.6. The molecule has 6 rings (SSSR count). The van der Waals surface area contributed by atoms with Crippen LogP contribution in [0.25, 0.3) is 33.1 Å². The number of methoxy groups -OCH3 is 2. The molecule has 11 nitrogen and oxygen atoms in total. The van der Waals surface area contributed by atoms with Crippen molar-refractivity contribution < 1.29 is 18.7 Å². The van der Waals surface area contributed by atoms with Crippen LogP contribution in [0.3, 0.4) is 0 Å². The lowest BCUT2D eigenvalue weighted by molar-refractivity contribution is 0.0588. The molecule has 0 amide bonds. The van der Waals surface area contributed by atoms with Crippen LogP contribution in [0.2, 0.25) is 0 Å². The molecule has 0 spiro atoms. The second-order valence-electron chi connectivity index (χ2n) is 9.66. The monoisotopic (exact) mass is 517 g/mol. The Morgan fingerprint density at radius 3 is 2.68 bits per heavy atom. The highest BCUT2D eigenvalue weighted by Crippen LogP contribution is 2.42. The molecule has 1 aliphatic rings. The largest absolute Gasteiger partial charge is 0.496 e. The summed E-state index contributed by atoms with van der Waals surface area (Å²) in [6.07, 6.45) is 2.37. The summed E-state index contributed by atoms with van der Waals surface area (Å²) in [7, 11) is 5.25. The molecular formula is C27H31N7O4. The lowest BCUT2D eigenvalue weighted by Crippen LogP contribution is -2.07. The standard InChI is InChI=1S/C27H31N7O4/c1-14-24(15(2)38-33-14)18-10-20-17(11-21(18)36-5)25-26(28-20)29-22(13-37-9-8-35-4)30-27(25)31-23-12-19(16-6-7-16)32-34(23)3/h10-12,16H,6-9,13H2,1-5H3,(H2,28,29,30,31). The van der Waals surface area contributed by atoms with Gasteiger partial charge in [-0.05, 0) is 38.8 Å². The smallest absolute Gasteiger partial charge is 0.158 e. The van der Waals surface area contributed by atoms with Crippen LogP contribution in [-0.4, -0.2) is 57.3 Å². The molecule has 38 heavy (non-hydrogen) atoms. The molecule has 11 heteroatoms. The van der Waals surface area contributed by atoms with Gasteiger partial charge in [0.05, 0.1) is 42.7 Å². The molecule has 0 saturated heterocycles. The van der Waals surface area contributed by atoms with Gasteiger partial charge >= 0.3 is 0 Å². The number of aromatic amines is 1. The second-order valence-corrected chi connectivity index (χ2v) is 9.66. The third kappa shape index (κ3) is 4.37. The minimum absolute atomic E-state index is 0.260. The fraction of sp³-hybridized carbons (Fsp3) is 0.407. The molecule has 0 unspecified atom stereocenters. The van der Waals surface area contributed by atoms with E-state index in [-0.39, 0.29) is 6.61 Å². The number of H-pyrrole nitrogens is 1. The molecule has 0 aliphatic heterocycles. The van der Waals surface area contributed by atoms with E-state index in [4.69, 9.17) is 33.8 Å². The molecule has 1 saturated carbocycles. The molecule has 1 fully saturated rings. The van der Waals surface area contributed by atoms with Gasteiger partial charge in [0.2, 0.25) is 0 Å². The number of hydrogen-bond acceptors (Lipinski definition) is 9. The predicted molar refractivity (Wildman–Crippen MR) is 143 cm³/mol. The Hall–Kier alpha value is -3.96. The molecule has 0 bridgehead atoms. The Morgan fingerprint density at radius 1 is 1.13 bits per heavy atom. The van der Waals surface area contributed by atoms with Crippen molar-refractivity contribution in [2.24, 2.45) is 7.05 Å². The molecule has 2 N–H and O–H groups in total. The zero-order valence-electron chi connectivity index (χ0n) is 22.2. The third-order valence-corrected chi connectivity index (χ3v) is 6.92. The molecule has 0 atom stereocenters. The summed E-state index contributed by atoms with van der Waals surface area (Å²) in [6.45, 7) is 5.04. The van der Waals surface area contributed by atoms with Gasteiger partial charge in [0.15, 0.2) is 5.82 Å². The van der Waals surface area contributed by atoms with Crippen LogP contribution in [0.15, 0.2) is 22.7 Å². The Balaban J connectivity index is 1.49. The van der Waals surface area contributed by atoms with Crippen molar-refractivity contribution in [3.8, 4) is 16.9 Å². The Kier molecular flexibility index (Phi) is 6.24. The van der Waals surface area contributed by atoms with Gasteiger partial charge in [-0.3, -0.25) is 4.68 Å². The average Bonchev–Trinajstić information content (AvgIpc) is 3.49. The number of aromatic nitrogens is 6. The lowest BCUT2D eigenvalue weighted by atomic mass is 10.0. The predicted octanol–water partition coefficient (Wildman–Crippen LogP) is 4.91. The van der Waals surface area contributed by atoms with E-state index in [2.05, 4.69) is 27.6 Å². The number of rotatable bonds is 10. The van der Waals surface area contributed by atoms with E-state index >= 15 is 0 Å². The number of anilines is 2. The Labute approximate surface area is 219 Å². The first-order valence-corrected chi connectivity index (χ1v) is 12.7. The first kappa shape index (κ1) is 24.4. The molecule has 198 valence electrons. The number of benzene rings is 1. The van der Waals surface area contributed by atoms with E-state index < -0.39 is 0 Å². The highest BCUT2D eigenvalue weighted by atomic mass is 16.5. The maximum absolute atomic E-state index is 5.83. The Morgan fingerprint density at radius 2 is 1.97 bits per heavy atom. The van der Waals surface area contributed by atoms with Crippen molar-refractivity contribution >= 4 is 33.6 Å². The minimum atomic E-state index is 0.260. The lowest BCUT2D eigenvalue weighted by Gasteiger charge is -2.11. The maximum atomic E-state index is 5.83. The van der Waals surface area contributed by atoms with Crippen LogP contribution in [0.4, 0.5) is 11.6 Å². The molecule has 1 aliphatic carbocycles. The van der Waals surface area contributed by atoms with Gasteiger partial charge in [0.25, 0.3) is 0 Å². The van der Waals surface area contributed by atoms with Gasteiger partial charge in [-0.25, -0.2) is 9.97 Å². The SMILES string of the molecule is COCCOCc1nc(Nc2cc(C3CC3)nn2C)c2c(n1)[nH]c1cc(-c3c(C)noc3C)c(OC)cc12. The summed E-state index contributed by atoms with van der Waals surface area (Å²) in [5.41, 5.74) is 5.32. The van der Waals surface area contributed by atoms with Gasteiger partial charge in [-0.2, -0.15) is 5.10 Å². The summed E-state index contributed by atoms with van der Waals surface area (Å²) < 4.78 is 24.0. The van der Waals surface area contributed by atoms with E-state index in [0.717, 1.165) is 50.4 Å². The maximum Gasteiger partial charge on any atom is 0.158 e. The van der Waals surface area contributed by atoms with Crippen molar-refractivity contribution in [3.05, 3.63) is 41.2 Å². The third-order valence-electron chi connectivity index (χ3n) is 6.92. The number of nitrogens with one attached hydrogen (secondary N) is 2. The molecular weight excluding hydrogens is 486 g/mol. The second kappa shape index (κ2) is 9.73. The molecule has 5 aromatic rings. The van der Waals surface area contributed by atoms with Crippen molar-refractivity contribution in [2.45, 2.75) is 39.2 Å². The average molecular weight is 518 g/mol. The number of hydrogen-bond donors (Lipinski definition) is 2. The summed E-state index contributed by atoms with van der Waals surface area (Å²) in [6, 6.07) is 6.17. The van der Waals surface area contributed by atoms with Crippen LogP contribution >= 0.6 is 0 Å². The zero-order valence-corrected chi connectivity index (χ0v) is 22.2. The molecule has 4 aromatic heterocycles. The van der Waals surface area contributed by atoms with Crippen LogP contribution in [-0.2, 0) is 23.1 Å². The molecule has 4 heterocycles. The zero-order chi connectivity index (χ0) is 26.4.